The zero-order chi connectivity index (χ0) is 20.4. The molecule has 0 saturated carbocycles. The Morgan fingerprint density at radius 2 is 1.69 bits per heavy atom. The molecule has 1 aliphatic rings. The Labute approximate surface area is 175 Å². The maximum atomic E-state index is 13.0. The summed E-state index contributed by atoms with van der Waals surface area (Å²) in [5, 5.41) is 5.06. The Kier molecular flexibility index (Phi) is 5.67. The van der Waals surface area contributed by atoms with Crippen molar-refractivity contribution in [2.24, 2.45) is 0 Å². The van der Waals surface area contributed by atoms with Gasteiger partial charge in [0.15, 0.2) is 11.5 Å². The second-order valence-corrected chi connectivity index (χ2v) is 8.96. The van der Waals surface area contributed by atoms with Crippen molar-refractivity contribution in [3.63, 3.8) is 0 Å². The molecule has 152 valence electrons. The van der Waals surface area contributed by atoms with Crippen LogP contribution in [0.2, 0.25) is 5.02 Å². The van der Waals surface area contributed by atoms with E-state index >= 15 is 0 Å². The lowest BCUT2D eigenvalue weighted by Gasteiger charge is -2.26. The van der Waals surface area contributed by atoms with Crippen molar-refractivity contribution in [3.8, 4) is 11.5 Å². The maximum Gasteiger partial charge on any atom is 0.340 e. The highest BCUT2D eigenvalue weighted by Gasteiger charge is 2.28. The maximum absolute atomic E-state index is 13.0. The van der Waals surface area contributed by atoms with Crippen LogP contribution in [0.1, 0.15) is 24.3 Å². The largest absolute Gasteiger partial charge is 0.492 e. The van der Waals surface area contributed by atoms with Gasteiger partial charge in [0, 0.05) is 10.9 Å². The molecule has 3 aromatic carbocycles. The second kappa shape index (κ2) is 8.22. The van der Waals surface area contributed by atoms with Gasteiger partial charge in [-0.25, -0.2) is 0 Å². The number of benzene rings is 3. The molecular formula is C22H22ClNO4S. The van der Waals surface area contributed by atoms with Crippen LogP contribution in [0.5, 0.6) is 11.5 Å². The molecule has 0 unspecified atom stereocenters. The smallest absolute Gasteiger partial charge is 0.340 e. The van der Waals surface area contributed by atoms with E-state index < -0.39 is 10.1 Å². The van der Waals surface area contributed by atoms with E-state index in [4.69, 9.17) is 20.5 Å². The van der Waals surface area contributed by atoms with Crippen molar-refractivity contribution in [1.82, 2.24) is 5.32 Å². The average molecular weight is 432 g/mol. The first-order chi connectivity index (χ1) is 14.0. The number of fused-ring (bicyclic) bond motifs is 1. The number of hydrogen-bond acceptors (Lipinski definition) is 5. The van der Waals surface area contributed by atoms with E-state index in [0.717, 1.165) is 36.9 Å². The molecule has 0 aromatic heterocycles. The first-order valence-electron chi connectivity index (χ1n) is 9.50. The predicted octanol–water partition coefficient (Wildman–Crippen LogP) is 4.74. The lowest BCUT2D eigenvalue weighted by Crippen LogP contribution is -2.27. The van der Waals surface area contributed by atoms with Gasteiger partial charge >= 0.3 is 10.1 Å². The minimum absolute atomic E-state index is 0.0694. The van der Waals surface area contributed by atoms with E-state index in [1.165, 1.54) is 12.1 Å². The number of halogens is 1. The van der Waals surface area contributed by atoms with Crippen molar-refractivity contribution in [3.05, 3.63) is 65.2 Å². The van der Waals surface area contributed by atoms with E-state index in [1.807, 2.05) is 24.3 Å². The summed E-state index contributed by atoms with van der Waals surface area (Å²) in [7, 11) is -2.59. The number of piperidine rings is 1. The summed E-state index contributed by atoms with van der Waals surface area (Å²) in [4.78, 5) is -0.0694. The van der Waals surface area contributed by atoms with Gasteiger partial charge in [0.2, 0.25) is 0 Å². The molecule has 1 fully saturated rings. The van der Waals surface area contributed by atoms with Crippen LogP contribution >= 0.6 is 11.6 Å². The van der Waals surface area contributed by atoms with Crippen molar-refractivity contribution >= 4 is 32.5 Å². The highest BCUT2D eigenvalue weighted by Crippen LogP contribution is 2.45. The molecule has 0 radical (unpaired) electrons. The molecule has 0 aliphatic carbocycles. The van der Waals surface area contributed by atoms with Gasteiger partial charge in [-0.05, 0) is 55.4 Å². The molecule has 7 heteroatoms. The third-order valence-electron chi connectivity index (χ3n) is 5.27. The van der Waals surface area contributed by atoms with E-state index in [0.29, 0.717) is 11.1 Å². The Balaban J connectivity index is 1.89. The lowest BCUT2D eigenvalue weighted by molar-refractivity contribution is 0.375. The van der Waals surface area contributed by atoms with Crippen LogP contribution in [-0.2, 0) is 10.1 Å². The Morgan fingerprint density at radius 1 is 1.00 bits per heavy atom. The zero-order valence-corrected chi connectivity index (χ0v) is 17.6. The summed E-state index contributed by atoms with van der Waals surface area (Å²) in [6, 6.07) is 15.9. The van der Waals surface area contributed by atoms with Crippen LogP contribution in [0.15, 0.2) is 59.5 Å². The number of ether oxygens (including phenoxy) is 1. The van der Waals surface area contributed by atoms with Gasteiger partial charge in [-0.1, -0.05) is 48.0 Å². The SMILES string of the molecule is COc1c(C2CCNCC2)cc2ccccc2c1OS(=O)(=O)c1ccccc1Cl. The monoisotopic (exact) mass is 431 g/mol. The third-order valence-corrected chi connectivity index (χ3v) is 6.99. The molecule has 0 atom stereocenters. The highest BCUT2D eigenvalue weighted by molar-refractivity contribution is 7.87. The van der Waals surface area contributed by atoms with Gasteiger partial charge in [-0.3, -0.25) is 0 Å². The fraction of sp³-hybridized carbons (Fsp3) is 0.273. The molecule has 4 rings (SSSR count). The zero-order valence-electron chi connectivity index (χ0n) is 16.0. The number of methoxy groups -OCH3 is 1. The van der Waals surface area contributed by atoms with Gasteiger partial charge in [0.05, 0.1) is 12.1 Å². The molecule has 1 heterocycles. The quantitative estimate of drug-likeness (QED) is 0.591. The van der Waals surface area contributed by atoms with Gasteiger partial charge < -0.3 is 14.2 Å². The summed E-state index contributed by atoms with van der Waals surface area (Å²) >= 11 is 6.12. The lowest BCUT2D eigenvalue weighted by atomic mass is 9.88. The Morgan fingerprint density at radius 3 is 2.41 bits per heavy atom. The van der Waals surface area contributed by atoms with Crippen molar-refractivity contribution in [1.29, 1.82) is 0 Å². The molecule has 0 bridgehead atoms. The molecule has 5 nitrogen and oxygen atoms in total. The molecule has 0 amide bonds. The first kappa shape index (κ1) is 20.0. The molecule has 1 aliphatic heterocycles. The number of rotatable bonds is 5. The van der Waals surface area contributed by atoms with Gasteiger partial charge in [0.1, 0.15) is 4.90 Å². The van der Waals surface area contributed by atoms with Gasteiger partial charge in [-0.15, -0.1) is 0 Å². The van der Waals surface area contributed by atoms with Crippen LogP contribution in [0.4, 0.5) is 0 Å². The van der Waals surface area contributed by atoms with Gasteiger partial charge in [-0.2, -0.15) is 8.42 Å². The van der Waals surface area contributed by atoms with E-state index in [2.05, 4.69) is 11.4 Å². The van der Waals surface area contributed by atoms with E-state index in [9.17, 15) is 8.42 Å². The average Bonchev–Trinajstić information content (AvgIpc) is 2.74. The molecule has 3 aromatic rings. The minimum Gasteiger partial charge on any atom is -0.492 e. The normalized spacial score (nSPS) is 15.4. The van der Waals surface area contributed by atoms with Gasteiger partial charge in [0.25, 0.3) is 0 Å². The molecule has 1 N–H and O–H groups in total. The van der Waals surface area contributed by atoms with Crippen LogP contribution < -0.4 is 14.2 Å². The molecule has 0 spiro atoms. The second-order valence-electron chi connectivity index (χ2n) is 7.04. The van der Waals surface area contributed by atoms with E-state index in [-0.39, 0.29) is 21.6 Å². The summed E-state index contributed by atoms with van der Waals surface area (Å²) in [6.45, 7) is 1.82. The highest BCUT2D eigenvalue weighted by atomic mass is 35.5. The van der Waals surface area contributed by atoms with E-state index in [1.54, 1.807) is 19.2 Å². The summed E-state index contributed by atoms with van der Waals surface area (Å²) in [5.74, 6) is 0.937. The predicted molar refractivity (Wildman–Crippen MR) is 115 cm³/mol. The summed E-state index contributed by atoms with van der Waals surface area (Å²) < 4.78 is 37.5. The fourth-order valence-electron chi connectivity index (χ4n) is 3.85. The standard InChI is InChI=1S/C22H22ClNO4S/c1-27-21-18(15-10-12-24-13-11-15)14-16-6-2-3-7-17(16)22(21)28-29(25,26)20-9-5-4-8-19(20)23/h2-9,14-15,24H,10-13H2,1H3. The Hall–Kier alpha value is -2.28. The van der Waals surface area contributed by atoms with Crippen molar-refractivity contribution < 1.29 is 17.3 Å². The number of hydrogen-bond donors (Lipinski definition) is 1. The molecule has 1 saturated heterocycles. The van der Waals surface area contributed by atoms with Crippen LogP contribution in [-0.4, -0.2) is 28.6 Å². The fourth-order valence-corrected chi connectivity index (χ4v) is 5.29. The molecule has 29 heavy (non-hydrogen) atoms. The van der Waals surface area contributed by atoms with Crippen molar-refractivity contribution in [2.45, 2.75) is 23.7 Å². The summed E-state index contributed by atoms with van der Waals surface area (Å²) in [5.41, 5.74) is 0.969. The third kappa shape index (κ3) is 3.92. The van der Waals surface area contributed by atoms with Crippen LogP contribution in [0, 0.1) is 0 Å². The minimum atomic E-state index is -4.14. The molecular weight excluding hydrogens is 410 g/mol. The van der Waals surface area contributed by atoms with Crippen LogP contribution in [0.3, 0.4) is 0 Å². The Bertz CT molecular complexity index is 1140. The van der Waals surface area contributed by atoms with Crippen molar-refractivity contribution in [2.75, 3.05) is 20.2 Å². The first-order valence-corrected chi connectivity index (χ1v) is 11.3. The summed E-state index contributed by atoms with van der Waals surface area (Å²) in [6.07, 6.45) is 1.90. The number of nitrogens with one attached hydrogen (secondary N) is 1. The topological polar surface area (TPSA) is 64.6 Å². The van der Waals surface area contributed by atoms with Crippen LogP contribution in [0.25, 0.3) is 10.8 Å².